The van der Waals surface area contributed by atoms with Crippen LogP contribution in [0.25, 0.3) is 0 Å². The quantitative estimate of drug-likeness (QED) is 0.429. The third kappa shape index (κ3) is 3.87. The monoisotopic (exact) mass is 407 g/mol. The molecule has 148 valence electrons. The van der Waals surface area contributed by atoms with Crippen LogP contribution in [0.3, 0.4) is 0 Å². The highest BCUT2D eigenvalue weighted by atomic mass is 32.2. The lowest BCUT2D eigenvalue weighted by molar-refractivity contribution is -0.384. The van der Waals surface area contributed by atoms with Gasteiger partial charge < -0.3 is 4.90 Å². The number of anilines is 1. The molecule has 0 atom stereocenters. The fourth-order valence-corrected chi connectivity index (χ4v) is 4.56. The number of rotatable bonds is 5. The van der Waals surface area contributed by atoms with E-state index in [-0.39, 0.29) is 48.1 Å². The molecule has 0 radical (unpaired) electrons. The molecule has 2 aromatic carbocycles. The van der Waals surface area contributed by atoms with Gasteiger partial charge >= 0.3 is 0 Å². The van der Waals surface area contributed by atoms with Crippen molar-refractivity contribution in [3.63, 3.8) is 0 Å². The zero-order valence-electron chi connectivity index (χ0n) is 15.0. The summed E-state index contributed by atoms with van der Waals surface area (Å²) < 4.78 is 40.0. The van der Waals surface area contributed by atoms with Gasteiger partial charge in [0, 0.05) is 37.8 Å². The van der Waals surface area contributed by atoms with Gasteiger partial charge in [-0.25, -0.2) is 12.8 Å². The molecule has 0 bridgehead atoms. The summed E-state index contributed by atoms with van der Waals surface area (Å²) in [6.07, 6.45) is 0. The van der Waals surface area contributed by atoms with Crippen LogP contribution in [0.15, 0.2) is 47.4 Å². The SMILES string of the molecule is CC(=O)c1ccc(N2CCN(S(=O)(=O)c3cccc(F)c3)CC2)c([N+](=O)[O-])c1. The average Bonchev–Trinajstić information content (AvgIpc) is 2.67. The average molecular weight is 407 g/mol. The second kappa shape index (κ2) is 7.64. The number of nitro groups is 1. The minimum Gasteiger partial charge on any atom is -0.363 e. The second-order valence-electron chi connectivity index (χ2n) is 6.37. The van der Waals surface area contributed by atoms with E-state index in [0.717, 1.165) is 6.07 Å². The molecule has 1 heterocycles. The number of nitro benzene ring substituents is 1. The molecule has 1 aliphatic heterocycles. The number of sulfonamides is 1. The van der Waals surface area contributed by atoms with Crippen LogP contribution in [0, 0.1) is 15.9 Å². The lowest BCUT2D eigenvalue weighted by Crippen LogP contribution is -2.48. The van der Waals surface area contributed by atoms with Crippen molar-refractivity contribution in [3.05, 3.63) is 64.0 Å². The second-order valence-corrected chi connectivity index (χ2v) is 8.30. The summed E-state index contributed by atoms with van der Waals surface area (Å²) in [6.45, 7) is 1.99. The Morgan fingerprint density at radius 1 is 1.11 bits per heavy atom. The van der Waals surface area contributed by atoms with Gasteiger partial charge in [0.25, 0.3) is 5.69 Å². The molecule has 28 heavy (non-hydrogen) atoms. The van der Waals surface area contributed by atoms with E-state index >= 15 is 0 Å². The molecule has 8 nitrogen and oxygen atoms in total. The number of piperazine rings is 1. The third-order valence-electron chi connectivity index (χ3n) is 4.59. The van der Waals surface area contributed by atoms with E-state index in [9.17, 15) is 27.7 Å². The van der Waals surface area contributed by atoms with Crippen LogP contribution in [0.4, 0.5) is 15.8 Å². The van der Waals surface area contributed by atoms with Gasteiger partial charge in [0.2, 0.25) is 10.0 Å². The number of carbonyl (C=O) groups excluding carboxylic acids is 1. The first-order valence-corrected chi connectivity index (χ1v) is 9.94. The largest absolute Gasteiger partial charge is 0.363 e. The molecular weight excluding hydrogens is 389 g/mol. The highest BCUT2D eigenvalue weighted by molar-refractivity contribution is 7.89. The zero-order chi connectivity index (χ0) is 20.5. The lowest BCUT2D eigenvalue weighted by atomic mass is 10.1. The molecule has 0 saturated carbocycles. The maximum atomic E-state index is 13.4. The molecule has 0 spiro atoms. The van der Waals surface area contributed by atoms with Gasteiger partial charge in [-0.1, -0.05) is 6.07 Å². The number of hydrogen-bond donors (Lipinski definition) is 0. The Morgan fingerprint density at radius 2 is 1.79 bits per heavy atom. The van der Waals surface area contributed by atoms with Gasteiger partial charge in [0.1, 0.15) is 11.5 Å². The van der Waals surface area contributed by atoms with E-state index < -0.39 is 20.8 Å². The van der Waals surface area contributed by atoms with Crippen LogP contribution < -0.4 is 4.90 Å². The molecule has 0 aromatic heterocycles. The molecule has 10 heteroatoms. The number of carbonyl (C=O) groups is 1. The minimum atomic E-state index is -3.85. The van der Waals surface area contributed by atoms with Crippen LogP contribution >= 0.6 is 0 Å². The molecule has 3 rings (SSSR count). The summed E-state index contributed by atoms with van der Waals surface area (Å²) in [4.78, 5) is 23.9. The Balaban J connectivity index is 1.81. The molecule has 1 saturated heterocycles. The van der Waals surface area contributed by atoms with Crippen molar-refractivity contribution in [3.8, 4) is 0 Å². The van der Waals surface area contributed by atoms with E-state index in [4.69, 9.17) is 0 Å². The van der Waals surface area contributed by atoms with Crippen LogP contribution in [-0.2, 0) is 10.0 Å². The molecule has 0 N–H and O–H groups in total. The molecule has 1 fully saturated rings. The van der Waals surface area contributed by atoms with Gasteiger partial charge in [-0.3, -0.25) is 14.9 Å². The Hall–Kier alpha value is -2.85. The fraction of sp³-hybridized carbons (Fsp3) is 0.278. The van der Waals surface area contributed by atoms with Crippen LogP contribution in [0.2, 0.25) is 0 Å². The van der Waals surface area contributed by atoms with Crippen LogP contribution in [0.1, 0.15) is 17.3 Å². The van der Waals surface area contributed by atoms with Crippen LogP contribution in [-0.4, -0.2) is 49.6 Å². The van der Waals surface area contributed by atoms with Crippen molar-refractivity contribution in [1.82, 2.24) is 4.31 Å². The fourth-order valence-electron chi connectivity index (χ4n) is 3.10. The van der Waals surface area contributed by atoms with Gasteiger partial charge in [0.15, 0.2) is 5.78 Å². The summed E-state index contributed by atoms with van der Waals surface area (Å²) in [5.74, 6) is -0.915. The topological polar surface area (TPSA) is 101 Å². The third-order valence-corrected chi connectivity index (χ3v) is 6.49. The molecule has 0 aliphatic carbocycles. The van der Waals surface area contributed by atoms with Crippen LogP contribution in [0.5, 0.6) is 0 Å². The van der Waals surface area contributed by atoms with E-state index in [1.165, 1.54) is 47.6 Å². The predicted octanol–water partition coefficient (Wildman–Crippen LogP) is 2.45. The molecule has 0 unspecified atom stereocenters. The summed E-state index contributed by atoms with van der Waals surface area (Å²) in [5, 5.41) is 11.4. The summed E-state index contributed by atoms with van der Waals surface area (Å²) in [5.41, 5.74) is 0.370. The Morgan fingerprint density at radius 3 is 2.36 bits per heavy atom. The van der Waals surface area contributed by atoms with E-state index in [2.05, 4.69) is 0 Å². The van der Waals surface area contributed by atoms with Gasteiger partial charge in [0.05, 0.1) is 9.82 Å². The summed E-state index contributed by atoms with van der Waals surface area (Å²) in [6, 6.07) is 9.04. The van der Waals surface area contributed by atoms with Crippen molar-refractivity contribution < 1.29 is 22.5 Å². The standard InChI is InChI=1S/C18H18FN3O5S/c1-13(23)14-5-6-17(18(11-14)22(24)25)20-7-9-21(10-8-20)28(26,27)16-4-2-3-15(19)12-16/h2-6,11-12H,7-10H2,1H3. The minimum absolute atomic E-state index is 0.102. The highest BCUT2D eigenvalue weighted by Crippen LogP contribution is 2.31. The van der Waals surface area contributed by atoms with E-state index in [1.807, 2.05) is 0 Å². The highest BCUT2D eigenvalue weighted by Gasteiger charge is 2.31. The molecule has 1 aliphatic rings. The lowest BCUT2D eigenvalue weighted by Gasteiger charge is -2.35. The van der Waals surface area contributed by atoms with Gasteiger partial charge in [-0.15, -0.1) is 0 Å². The first-order chi connectivity index (χ1) is 13.2. The van der Waals surface area contributed by atoms with E-state index in [0.29, 0.717) is 5.69 Å². The Labute approximate surface area is 161 Å². The smallest absolute Gasteiger partial charge is 0.293 e. The van der Waals surface area contributed by atoms with Crippen molar-refractivity contribution in [2.24, 2.45) is 0 Å². The maximum Gasteiger partial charge on any atom is 0.293 e. The molecule has 2 aromatic rings. The predicted molar refractivity (Wildman–Crippen MR) is 100 cm³/mol. The maximum absolute atomic E-state index is 13.4. The first-order valence-electron chi connectivity index (χ1n) is 8.50. The van der Waals surface area contributed by atoms with E-state index in [1.54, 1.807) is 4.90 Å². The summed E-state index contributed by atoms with van der Waals surface area (Å²) in [7, 11) is -3.85. The first kappa shape index (κ1) is 19.9. The zero-order valence-corrected chi connectivity index (χ0v) is 15.9. The number of halogens is 1. The number of hydrogen-bond acceptors (Lipinski definition) is 6. The number of ketones is 1. The molecule has 0 amide bonds. The van der Waals surface area contributed by atoms with Crippen molar-refractivity contribution in [2.75, 3.05) is 31.1 Å². The Bertz CT molecular complexity index is 1030. The number of Topliss-reactive ketones (excluding diaryl/α,β-unsaturated/α-hetero) is 1. The number of nitrogens with zero attached hydrogens (tertiary/aromatic N) is 3. The number of benzene rings is 2. The van der Waals surface area contributed by atoms with Gasteiger partial charge in [-0.05, 0) is 37.3 Å². The summed E-state index contributed by atoms with van der Waals surface area (Å²) >= 11 is 0. The van der Waals surface area contributed by atoms with Crippen molar-refractivity contribution in [1.29, 1.82) is 0 Å². The Kier molecular flexibility index (Phi) is 5.43. The van der Waals surface area contributed by atoms with Crippen molar-refractivity contribution in [2.45, 2.75) is 11.8 Å². The normalized spacial score (nSPS) is 15.4. The van der Waals surface area contributed by atoms with Gasteiger partial charge in [-0.2, -0.15) is 4.31 Å². The van der Waals surface area contributed by atoms with Crippen molar-refractivity contribution >= 4 is 27.2 Å². The molecular formula is C18H18FN3O5S.